The number of nitrogens with one attached hydrogen (secondary N) is 1. The first-order valence-corrected chi connectivity index (χ1v) is 35.3. The molecular formula is C69H87NO16S3. The third-order valence-electron chi connectivity index (χ3n) is 19.3. The molecule has 1 saturated heterocycles. The van der Waals surface area contributed by atoms with Crippen LogP contribution >= 0.6 is 0 Å². The van der Waals surface area contributed by atoms with Crippen LogP contribution in [-0.4, -0.2) is 99.1 Å². The lowest BCUT2D eigenvalue weighted by molar-refractivity contribution is -0.221. The van der Waals surface area contributed by atoms with Crippen LogP contribution in [0, 0.1) is 64.6 Å². The monoisotopic (exact) mass is 1280 g/mol. The van der Waals surface area contributed by atoms with E-state index in [1.165, 1.54) is 79.9 Å². The fourth-order valence-corrected chi connectivity index (χ4v) is 20.3. The molecule has 3 aromatic rings. The van der Waals surface area contributed by atoms with Gasteiger partial charge in [0.25, 0.3) is 16.0 Å². The van der Waals surface area contributed by atoms with Crippen molar-refractivity contribution in [2.75, 3.05) is 19.0 Å². The van der Waals surface area contributed by atoms with E-state index in [-0.39, 0.29) is 62.7 Å². The Morgan fingerprint density at radius 1 is 0.629 bits per heavy atom. The van der Waals surface area contributed by atoms with E-state index in [9.17, 15) is 50.2 Å². The fourth-order valence-electron chi connectivity index (χ4n) is 16.0. The van der Waals surface area contributed by atoms with Crippen molar-refractivity contribution >= 4 is 66.8 Å². The normalized spacial score (nSPS) is 30.3. The summed E-state index contributed by atoms with van der Waals surface area (Å²) in [6.07, 6.45) is 13.4. The molecular weight excluding hydrogens is 1190 g/mol. The summed E-state index contributed by atoms with van der Waals surface area (Å²) in [5.41, 5.74) is 0.861. The Kier molecular flexibility index (Phi) is 22.4. The van der Waals surface area contributed by atoms with Crippen molar-refractivity contribution in [1.29, 1.82) is 0 Å². The molecule has 10 saturated carbocycles. The van der Waals surface area contributed by atoms with E-state index < -0.39 is 74.6 Å². The van der Waals surface area contributed by atoms with Gasteiger partial charge in [0.15, 0.2) is 21.3 Å². The summed E-state index contributed by atoms with van der Waals surface area (Å²) >= 11 is 0. The predicted molar refractivity (Wildman–Crippen MR) is 335 cm³/mol. The first kappa shape index (κ1) is 68.7. The van der Waals surface area contributed by atoms with Crippen LogP contribution in [0.3, 0.4) is 0 Å². The minimum atomic E-state index is -4.30. The Morgan fingerprint density at radius 2 is 1.07 bits per heavy atom. The number of ether oxygens (including phenoxy) is 4. The molecule has 10 bridgehead atoms. The van der Waals surface area contributed by atoms with Gasteiger partial charge < -0.3 is 23.5 Å². The first-order valence-electron chi connectivity index (χ1n) is 31.0. The standard InChI is InChI=1S/C18H15S.C17H26O2.C15H21NO2.C13H16O7S.C6H10O5S/c1-4-10-16(11-5-1)19(17-12-6-2-7-13-17)18-14-8-3-9-15-18;1-10(2)16(18)19-17(11(3)4)14-6-12-5-13(8-14)9-15(17)7-12;1-9(2)13(17)16-14(18)15-6-10-3-11(7-15)5-12(4-10)8-15;1-6(2)13(15)18-5-10(14)19-11-7-3-8-9(4-7)21(16,17)20-12(8)11;1-5(2)6(7)11-3-4-12(8,9)10/h1-15H;11-15H,1,5-9H2,2-4H3;10-12H,1,3-8H2,2H3,(H,16,17,18);7-9,11-12H,1,3-5H2,2H3;1,3-4H2,2H3,(H,8,9,10)/q+1;;;;/p-1. The van der Waals surface area contributed by atoms with Gasteiger partial charge in [-0.15, -0.1) is 0 Å². The summed E-state index contributed by atoms with van der Waals surface area (Å²) in [4.78, 5) is 73.8. The molecule has 20 heteroatoms. The molecule has 11 aliphatic rings. The maximum atomic E-state index is 12.4. The van der Waals surface area contributed by atoms with Crippen LogP contribution in [0.1, 0.15) is 125 Å². The number of carbonyl (C=O) groups is 6. The highest BCUT2D eigenvalue weighted by Crippen LogP contribution is 2.63. The van der Waals surface area contributed by atoms with Gasteiger partial charge in [0.05, 0.1) is 37.4 Å². The molecule has 5 unspecified atom stereocenters. The largest absolute Gasteiger partial charge is 0.748 e. The van der Waals surface area contributed by atoms with Gasteiger partial charge in [0.2, 0.25) is 5.91 Å². The van der Waals surface area contributed by atoms with Crippen molar-refractivity contribution in [2.45, 2.75) is 163 Å². The lowest BCUT2D eigenvalue weighted by atomic mass is 9.47. The Labute approximate surface area is 528 Å². The van der Waals surface area contributed by atoms with E-state index in [0.29, 0.717) is 41.7 Å². The molecule has 0 spiro atoms. The molecule has 11 fully saturated rings. The van der Waals surface area contributed by atoms with Crippen LogP contribution in [0.5, 0.6) is 0 Å². The van der Waals surface area contributed by atoms with Gasteiger partial charge in [-0.3, -0.25) is 19.1 Å². The highest BCUT2D eigenvalue weighted by molar-refractivity contribution is 7.97. The van der Waals surface area contributed by atoms with Crippen LogP contribution < -0.4 is 5.32 Å². The fraction of sp³-hybridized carbons (Fsp3) is 0.536. The summed E-state index contributed by atoms with van der Waals surface area (Å²) in [5.74, 6) is 2.19. The van der Waals surface area contributed by atoms with Crippen molar-refractivity contribution in [3.05, 3.63) is 140 Å². The van der Waals surface area contributed by atoms with Crippen molar-refractivity contribution in [2.24, 2.45) is 64.6 Å². The molecule has 482 valence electrons. The maximum absolute atomic E-state index is 12.4. The molecule has 89 heavy (non-hydrogen) atoms. The summed E-state index contributed by atoms with van der Waals surface area (Å²) in [5, 5.41) is 2.10. The third kappa shape index (κ3) is 16.7. The van der Waals surface area contributed by atoms with Gasteiger partial charge in [0.1, 0.15) is 24.4 Å². The second kappa shape index (κ2) is 29.0. The Hall–Kier alpha value is -6.19. The number of hydrogen-bond acceptors (Lipinski definition) is 16. The quantitative estimate of drug-likeness (QED) is 0.0349. The second-order valence-corrected chi connectivity index (χ2v) is 31.8. The maximum Gasteiger partial charge on any atom is 0.344 e. The predicted octanol–water partition coefficient (Wildman–Crippen LogP) is 11.0. The van der Waals surface area contributed by atoms with E-state index in [0.717, 1.165) is 48.9 Å². The van der Waals surface area contributed by atoms with Gasteiger partial charge in [-0.1, -0.05) is 94.8 Å². The van der Waals surface area contributed by atoms with Crippen molar-refractivity contribution in [3.8, 4) is 0 Å². The van der Waals surface area contributed by atoms with Crippen LogP contribution in [0.2, 0.25) is 0 Å². The SMILES string of the molecule is C=C(C)C(=O)NC(=O)C12CC3CC(CC(C3)C1)C2.C=C(C)C(=O)OC1(C(C)C)C2CC3CC(C2)CC1C3.C=C(C)C(=O)OCC(=O)OC1C2CC3C1OS(=O)(=O)C3C2.C=C(C)C(=O)OCCS(=O)(=O)[O-].c1ccc([S+](c2ccccc2)c2ccccc2)cc1. The van der Waals surface area contributed by atoms with Crippen molar-refractivity contribution in [1.82, 2.24) is 5.32 Å². The Bertz CT molecular complexity index is 3210. The molecule has 1 heterocycles. The summed E-state index contributed by atoms with van der Waals surface area (Å²) in [7, 11) is -7.84. The third-order valence-corrected chi connectivity index (χ3v) is 23.9. The molecule has 14 rings (SSSR count). The topological polar surface area (TPSA) is 252 Å². The lowest BCUT2D eigenvalue weighted by Crippen LogP contribution is -2.62. The zero-order chi connectivity index (χ0) is 64.8. The molecule has 10 aliphatic carbocycles. The molecule has 1 N–H and O–H groups in total. The van der Waals surface area contributed by atoms with E-state index >= 15 is 0 Å². The minimum Gasteiger partial charge on any atom is -0.748 e. The highest BCUT2D eigenvalue weighted by atomic mass is 32.2. The van der Waals surface area contributed by atoms with Crippen LogP contribution in [0.25, 0.3) is 0 Å². The van der Waals surface area contributed by atoms with Crippen LogP contribution in [0.15, 0.2) is 154 Å². The molecule has 1 aliphatic heterocycles. The smallest absolute Gasteiger partial charge is 0.344 e. The van der Waals surface area contributed by atoms with Crippen LogP contribution in [0.4, 0.5) is 0 Å². The van der Waals surface area contributed by atoms with E-state index in [1.807, 2.05) is 0 Å². The number of rotatable bonds is 16. The average Bonchev–Trinajstić information content (AvgIpc) is 1.65. The number of amides is 2. The summed E-state index contributed by atoms with van der Waals surface area (Å²) in [6.45, 7) is 23.8. The highest BCUT2D eigenvalue weighted by Gasteiger charge is 2.66. The van der Waals surface area contributed by atoms with E-state index in [4.69, 9.17) is 18.4 Å². The zero-order valence-electron chi connectivity index (χ0n) is 52.1. The van der Waals surface area contributed by atoms with Gasteiger partial charge in [-0.2, -0.15) is 8.42 Å². The second-order valence-electron chi connectivity index (χ2n) is 26.5. The summed E-state index contributed by atoms with van der Waals surface area (Å²) < 4.78 is 79.1. The van der Waals surface area contributed by atoms with E-state index in [2.05, 4.69) is 141 Å². The first-order chi connectivity index (χ1) is 42.0. The van der Waals surface area contributed by atoms with Gasteiger partial charge in [-0.05, 0) is 195 Å². The number of hydrogen-bond donors (Lipinski definition) is 1. The molecule has 3 aromatic carbocycles. The van der Waals surface area contributed by atoms with Crippen LogP contribution in [-0.2, 0) is 83.0 Å². The lowest BCUT2D eigenvalue weighted by Gasteiger charge is -2.61. The molecule has 0 radical (unpaired) electrons. The van der Waals surface area contributed by atoms with Crippen molar-refractivity contribution < 1.29 is 73.3 Å². The summed E-state index contributed by atoms with van der Waals surface area (Å²) in [6, 6.07) is 32.2. The minimum absolute atomic E-state index is 0.00284. The number of fused-ring (bicyclic) bond motifs is 1. The van der Waals surface area contributed by atoms with Gasteiger partial charge >= 0.3 is 23.9 Å². The van der Waals surface area contributed by atoms with Gasteiger partial charge in [0, 0.05) is 34.1 Å². The number of imide groups is 1. The Morgan fingerprint density at radius 3 is 1.48 bits per heavy atom. The van der Waals surface area contributed by atoms with Crippen molar-refractivity contribution in [3.63, 3.8) is 0 Å². The number of carbonyl (C=O) groups excluding carboxylic acids is 6. The van der Waals surface area contributed by atoms with Gasteiger partial charge in [-0.25, -0.2) is 27.6 Å². The zero-order valence-corrected chi connectivity index (χ0v) is 54.5. The molecule has 2 amide bonds. The average molecular weight is 1280 g/mol. The van der Waals surface area contributed by atoms with E-state index in [1.54, 1.807) is 13.8 Å². The number of benzene rings is 3. The molecule has 5 atom stereocenters. The number of esters is 4. The molecule has 0 aromatic heterocycles. The Balaban J connectivity index is 0.000000145. The molecule has 17 nitrogen and oxygen atoms in total.